The van der Waals surface area contributed by atoms with Crippen molar-refractivity contribution in [2.45, 2.75) is 12.5 Å². The summed E-state index contributed by atoms with van der Waals surface area (Å²) in [4.78, 5) is 10.1. The zero-order chi connectivity index (χ0) is 11.5. The summed E-state index contributed by atoms with van der Waals surface area (Å²) < 4.78 is 5.22. The van der Waals surface area contributed by atoms with Crippen molar-refractivity contribution >= 4 is 23.0 Å². The van der Waals surface area contributed by atoms with E-state index in [1.54, 1.807) is 6.07 Å². The van der Waals surface area contributed by atoms with Crippen LogP contribution in [0.1, 0.15) is 6.42 Å². The van der Waals surface area contributed by atoms with Gasteiger partial charge in [0.2, 0.25) is 0 Å². The molecule has 0 aliphatic carbocycles. The van der Waals surface area contributed by atoms with E-state index in [1.807, 2.05) is 0 Å². The van der Waals surface area contributed by atoms with Crippen LogP contribution in [0.15, 0.2) is 18.2 Å². The Morgan fingerprint density at radius 1 is 1.56 bits per heavy atom. The highest BCUT2D eigenvalue weighted by Gasteiger charge is 2.17. The molecule has 1 aromatic rings. The number of nitrogens with one attached hydrogen (secondary N) is 1. The predicted octanol–water partition coefficient (Wildman–Crippen LogP) is 2.45. The Labute approximate surface area is 97.5 Å². The van der Waals surface area contributed by atoms with Crippen LogP contribution in [0.2, 0.25) is 5.02 Å². The Kier molecular flexibility index (Phi) is 3.26. The molecule has 0 amide bonds. The van der Waals surface area contributed by atoms with Gasteiger partial charge in [-0.1, -0.05) is 11.6 Å². The van der Waals surface area contributed by atoms with Crippen molar-refractivity contribution in [3.8, 4) is 0 Å². The zero-order valence-electron chi connectivity index (χ0n) is 8.48. The topological polar surface area (TPSA) is 64.4 Å². The lowest BCUT2D eigenvalue weighted by Gasteiger charge is -2.13. The molecule has 0 radical (unpaired) electrons. The van der Waals surface area contributed by atoms with E-state index >= 15 is 0 Å². The van der Waals surface area contributed by atoms with Crippen molar-refractivity contribution in [1.82, 2.24) is 0 Å². The van der Waals surface area contributed by atoms with Gasteiger partial charge in [0, 0.05) is 18.7 Å². The van der Waals surface area contributed by atoms with Crippen molar-refractivity contribution in [2.24, 2.45) is 0 Å². The molecule has 1 aliphatic rings. The first-order valence-electron chi connectivity index (χ1n) is 4.95. The van der Waals surface area contributed by atoms with Gasteiger partial charge in [-0.2, -0.15) is 0 Å². The number of hydrogen-bond donors (Lipinski definition) is 1. The lowest BCUT2D eigenvalue weighted by molar-refractivity contribution is -0.384. The number of nitro benzene ring substituents is 1. The number of non-ortho nitro benzene ring substituents is 1. The van der Waals surface area contributed by atoms with Gasteiger partial charge >= 0.3 is 0 Å². The van der Waals surface area contributed by atoms with E-state index in [1.165, 1.54) is 12.1 Å². The third-order valence-electron chi connectivity index (χ3n) is 2.45. The van der Waals surface area contributed by atoms with Crippen molar-refractivity contribution in [1.29, 1.82) is 0 Å². The average Bonchev–Trinajstić information content (AvgIpc) is 2.73. The van der Waals surface area contributed by atoms with Gasteiger partial charge in [0.1, 0.15) is 0 Å². The van der Waals surface area contributed by atoms with Crippen LogP contribution >= 0.6 is 11.6 Å². The molecule has 86 valence electrons. The molecule has 1 atom stereocenters. The summed E-state index contributed by atoms with van der Waals surface area (Å²) in [6.45, 7) is 1.38. The van der Waals surface area contributed by atoms with Crippen LogP contribution in [-0.2, 0) is 4.74 Å². The summed E-state index contributed by atoms with van der Waals surface area (Å²) in [5, 5.41) is 14.1. The average molecular weight is 243 g/mol. The molecule has 1 aromatic carbocycles. The van der Waals surface area contributed by atoms with Gasteiger partial charge in [-0.05, 0) is 12.5 Å². The number of ether oxygens (including phenoxy) is 1. The van der Waals surface area contributed by atoms with E-state index in [0.717, 1.165) is 13.0 Å². The van der Waals surface area contributed by atoms with Crippen LogP contribution in [0.25, 0.3) is 0 Å². The monoisotopic (exact) mass is 242 g/mol. The number of rotatable bonds is 3. The van der Waals surface area contributed by atoms with E-state index in [4.69, 9.17) is 16.3 Å². The molecule has 1 heterocycles. The Morgan fingerprint density at radius 3 is 2.94 bits per heavy atom. The molecule has 0 saturated carbocycles. The van der Waals surface area contributed by atoms with Crippen LogP contribution in [0.5, 0.6) is 0 Å². The third kappa shape index (κ3) is 2.43. The number of nitro groups is 1. The molecule has 0 aromatic heterocycles. The molecule has 1 unspecified atom stereocenters. The van der Waals surface area contributed by atoms with Gasteiger partial charge in [-0.3, -0.25) is 10.1 Å². The van der Waals surface area contributed by atoms with E-state index in [-0.39, 0.29) is 11.7 Å². The Hall–Kier alpha value is -1.33. The van der Waals surface area contributed by atoms with Gasteiger partial charge in [0.25, 0.3) is 5.69 Å². The zero-order valence-corrected chi connectivity index (χ0v) is 9.24. The fourth-order valence-electron chi connectivity index (χ4n) is 1.60. The molecule has 1 fully saturated rings. The van der Waals surface area contributed by atoms with Crippen LogP contribution in [-0.4, -0.2) is 24.2 Å². The second-order valence-electron chi connectivity index (χ2n) is 3.63. The molecule has 1 N–H and O–H groups in total. The first kappa shape index (κ1) is 11.2. The molecule has 0 bridgehead atoms. The van der Waals surface area contributed by atoms with Crippen LogP contribution in [0, 0.1) is 10.1 Å². The van der Waals surface area contributed by atoms with Crippen LogP contribution < -0.4 is 5.32 Å². The van der Waals surface area contributed by atoms with Crippen molar-refractivity contribution < 1.29 is 9.66 Å². The molecule has 1 aliphatic heterocycles. The molecule has 0 spiro atoms. The third-order valence-corrected chi connectivity index (χ3v) is 2.77. The molecular formula is C10H11ClN2O3. The van der Waals surface area contributed by atoms with E-state index in [9.17, 15) is 10.1 Å². The lowest BCUT2D eigenvalue weighted by atomic mass is 10.2. The fourth-order valence-corrected chi connectivity index (χ4v) is 1.83. The SMILES string of the molecule is O=[N+]([O-])c1ccc(NC2CCOC2)c(Cl)c1. The normalized spacial score (nSPS) is 19.7. The van der Waals surface area contributed by atoms with Crippen LogP contribution in [0.4, 0.5) is 11.4 Å². The summed E-state index contributed by atoms with van der Waals surface area (Å²) in [5.74, 6) is 0. The summed E-state index contributed by atoms with van der Waals surface area (Å²) in [7, 11) is 0. The van der Waals surface area contributed by atoms with E-state index < -0.39 is 4.92 Å². The molecular weight excluding hydrogens is 232 g/mol. The van der Waals surface area contributed by atoms with Crippen molar-refractivity contribution in [2.75, 3.05) is 18.5 Å². The maximum absolute atomic E-state index is 10.5. The van der Waals surface area contributed by atoms with E-state index in [0.29, 0.717) is 17.3 Å². The largest absolute Gasteiger partial charge is 0.379 e. The highest BCUT2D eigenvalue weighted by molar-refractivity contribution is 6.33. The number of nitrogens with zero attached hydrogens (tertiary/aromatic N) is 1. The number of hydrogen-bond acceptors (Lipinski definition) is 4. The minimum Gasteiger partial charge on any atom is -0.379 e. The summed E-state index contributed by atoms with van der Waals surface area (Å²) in [6, 6.07) is 4.64. The van der Waals surface area contributed by atoms with E-state index in [2.05, 4.69) is 5.32 Å². The number of benzene rings is 1. The quantitative estimate of drug-likeness (QED) is 0.653. The summed E-state index contributed by atoms with van der Waals surface area (Å²) in [5.41, 5.74) is 0.709. The van der Waals surface area contributed by atoms with Gasteiger partial charge in [-0.25, -0.2) is 0 Å². The summed E-state index contributed by atoms with van der Waals surface area (Å²) >= 11 is 5.94. The molecule has 2 rings (SSSR count). The predicted molar refractivity (Wildman–Crippen MR) is 61.0 cm³/mol. The molecule has 5 nitrogen and oxygen atoms in total. The minimum absolute atomic E-state index is 0.00165. The fraction of sp³-hybridized carbons (Fsp3) is 0.400. The first-order chi connectivity index (χ1) is 7.66. The van der Waals surface area contributed by atoms with Gasteiger partial charge < -0.3 is 10.1 Å². The number of anilines is 1. The maximum Gasteiger partial charge on any atom is 0.271 e. The molecule has 1 saturated heterocycles. The number of halogens is 1. The second-order valence-corrected chi connectivity index (χ2v) is 4.03. The Bertz CT molecular complexity index is 405. The highest BCUT2D eigenvalue weighted by Crippen LogP contribution is 2.27. The van der Waals surface area contributed by atoms with Crippen molar-refractivity contribution in [3.05, 3.63) is 33.3 Å². The molecule has 6 heteroatoms. The highest BCUT2D eigenvalue weighted by atomic mass is 35.5. The Balaban J connectivity index is 2.12. The second kappa shape index (κ2) is 4.67. The minimum atomic E-state index is -0.464. The van der Waals surface area contributed by atoms with Gasteiger partial charge in [0.05, 0.1) is 28.3 Å². The van der Waals surface area contributed by atoms with Crippen LogP contribution in [0.3, 0.4) is 0 Å². The van der Waals surface area contributed by atoms with Gasteiger partial charge in [-0.15, -0.1) is 0 Å². The maximum atomic E-state index is 10.5. The standard InChI is InChI=1S/C10H11ClN2O3/c11-9-5-8(13(14)15)1-2-10(9)12-7-3-4-16-6-7/h1-2,5,7,12H,3-4,6H2. The Morgan fingerprint density at radius 2 is 2.38 bits per heavy atom. The van der Waals surface area contributed by atoms with Crippen molar-refractivity contribution in [3.63, 3.8) is 0 Å². The lowest BCUT2D eigenvalue weighted by Crippen LogP contribution is -2.19. The summed E-state index contributed by atoms with van der Waals surface area (Å²) in [6.07, 6.45) is 0.924. The molecule has 16 heavy (non-hydrogen) atoms. The van der Waals surface area contributed by atoms with Gasteiger partial charge in [0.15, 0.2) is 0 Å². The first-order valence-corrected chi connectivity index (χ1v) is 5.33. The smallest absolute Gasteiger partial charge is 0.271 e.